The van der Waals surface area contributed by atoms with Gasteiger partial charge in [0.15, 0.2) is 5.82 Å². The highest BCUT2D eigenvalue weighted by molar-refractivity contribution is 6.30. The summed E-state index contributed by atoms with van der Waals surface area (Å²) in [5, 5.41) is 1.68. The molecule has 1 aliphatic rings. The number of fused-ring (bicyclic) bond motifs is 1. The summed E-state index contributed by atoms with van der Waals surface area (Å²) >= 11 is 6.02. The topological polar surface area (TPSA) is 58.6 Å². The second kappa shape index (κ2) is 8.02. The van der Waals surface area contributed by atoms with Gasteiger partial charge in [0.1, 0.15) is 5.82 Å². The predicted molar refractivity (Wildman–Crippen MR) is 111 cm³/mol. The highest BCUT2D eigenvalue weighted by Gasteiger charge is 2.24. The molecule has 1 amide bonds. The molecule has 0 atom stereocenters. The summed E-state index contributed by atoms with van der Waals surface area (Å²) in [4.78, 5) is 25.5. The Morgan fingerprint density at radius 1 is 1.04 bits per heavy atom. The summed E-state index contributed by atoms with van der Waals surface area (Å²) in [6.45, 7) is 4.81. The molecule has 28 heavy (non-hydrogen) atoms. The van der Waals surface area contributed by atoms with E-state index in [1.165, 1.54) is 0 Å². The minimum atomic E-state index is -0.253. The molecule has 1 aliphatic heterocycles. The minimum Gasteiger partial charge on any atom is -0.450 e. The van der Waals surface area contributed by atoms with Gasteiger partial charge in [-0.15, -0.1) is 0 Å². The van der Waals surface area contributed by atoms with Crippen LogP contribution in [0.15, 0.2) is 48.5 Å². The number of nitrogens with zero attached hydrogens (tertiary/aromatic N) is 4. The standard InChI is InChI=1S/C21H21ClN4O2/c1-2-28-21(27)26-13-11-25(12-14-26)20-17-5-3-4-6-18(17)23-19(24-20)15-7-9-16(22)10-8-15/h3-10H,2,11-14H2,1H3. The molecule has 0 saturated carbocycles. The summed E-state index contributed by atoms with van der Waals surface area (Å²) in [6, 6.07) is 15.5. The van der Waals surface area contributed by atoms with E-state index in [1.54, 1.807) is 4.90 Å². The van der Waals surface area contributed by atoms with Gasteiger partial charge >= 0.3 is 6.09 Å². The minimum absolute atomic E-state index is 0.253. The van der Waals surface area contributed by atoms with E-state index in [2.05, 4.69) is 4.90 Å². The van der Waals surface area contributed by atoms with Crippen LogP contribution in [0.2, 0.25) is 5.02 Å². The zero-order valence-corrected chi connectivity index (χ0v) is 16.4. The Morgan fingerprint density at radius 2 is 1.75 bits per heavy atom. The molecule has 0 unspecified atom stereocenters. The molecule has 7 heteroatoms. The number of anilines is 1. The Kier molecular flexibility index (Phi) is 5.30. The maximum Gasteiger partial charge on any atom is 0.409 e. The molecule has 144 valence electrons. The molecule has 0 aliphatic carbocycles. The third kappa shape index (κ3) is 3.73. The van der Waals surface area contributed by atoms with E-state index in [9.17, 15) is 4.79 Å². The predicted octanol–water partition coefficient (Wildman–Crippen LogP) is 4.23. The number of aromatic nitrogens is 2. The number of piperazine rings is 1. The van der Waals surface area contributed by atoms with Crippen LogP contribution in [0, 0.1) is 0 Å². The number of para-hydroxylation sites is 1. The van der Waals surface area contributed by atoms with E-state index < -0.39 is 0 Å². The molecule has 2 heterocycles. The summed E-state index contributed by atoms with van der Waals surface area (Å²) in [5.74, 6) is 1.55. The van der Waals surface area contributed by atoms with E-state index in [1.807, 2.05) is 55.5 Å². The van der Waals surface area contributed by atoms with Crippen molar-refractivity contribution in [2.24, 2.45) is 0 Å². The molecule has 1 fully saturated rings. The second-order valence-corrected chi connectivity index (χ2v) is 7.00. The van der Waals surface area contributed by atoms with Crippen LogP contribution in [-0.2, 0) is 4.74 Å². The van der Waals surface area contributed by atoms with Gasteiger partial charge in [-0.1, -0.05) is 23.7 Å². The lowest BCUT2D eigenvalue weighted by atomic mass is 10.1. The summed E-state index contributed by atoms with van der Waals surface area (Å²) < 4.78 is 5.11. The molecule has 0 spiro atoms. The van der Waals surface area contributed by atoms with Crippen molar-refractivity contribution in [3.8, 4) is 11.4 Å². The number of halogens is 1. The molecular weight excluding hydrogens is 376 g/mol. The lowest BCUT2D eigenvalue weighted by Gasteiger charge is -2.35. The first-order valence-corrected chi connectivity index (χ1v) is 9.73. The molecule has 3 aromatic rings. The maximum absolute atomic E-state index is 12.0. The van der Waals surface area contributed by atoms with E-state index in [0.717, 1.165) is 22.3 Å². The van der Waals surface area contributed by atoms with Gasteiger partial charge in [-0.3, -0.25) is 0 Å². The van der Waals surface area contributed by atoms with Crippen molar-refractivity contribution in [2.75, 3.05) is 37.7 Å². The lowest BCUT2D eigenvalue weighted by molar-refractivity contribution is 0.105. The van der Waals surface area contributed by atoms with Gasteiger partial charge in [0.25, 0.3) is 0 Å². The number of hydrogen-bond acceptors (Lipinski definition) is 5. The quantitative estimate of drug-likeness (QED) is 0.663. The first-order chi connectivity index (χ1) is 13.7. The Bertz CT molecular complexity index is 985. The first kappa shape index (κ1) is 18.5. The monoisotopic (exact) mass is 396 g/mol. The highest BCUT2D eigenvalue weighted by atomic mass is 35.5. The number of carbonyl (C=O) groups is 1. The lowest BCUT2D eigenvalue weighted by Crippen LogP contribution is -2.49. The van der Waals surface area contributed by atoms with E-state index in [0.29, 0.717) is 43.6 Å². The fourth-order valence-electron chi connectivity index (χ4n) is 3.34. The van der Waals surface area contributed by atoms with Crippen LogP contribution in [0.5, 0.6) is 0 Å². The van der Waals surface area contributed by atoms with Crippen molar-refractivity contribution in [3.05, 3.63) is 53.6 Å². The molecule has 1 aromatic heterocycles. The molecule has 4 rings (SSSR count). The van der Waals surface area contributed by atoms with Crippen molar-refractivity contribution in [3.63, 3.8) is 0 Å². The van der Waals surface area contributed by atoms with Crippen LogP contribution in [0.4, 0.5) is 10.6 Å². The highest BCUT2D eigenvalue weighted by Crippen LogP contribution is 2.28. The van der Waals surface area contributed by atoms with Crippen LogP contribution >= 0.6 is 11.6 Å². The fourth-order valence-corrected chi connectivity index (χ4v) is 3.47. The maximum atomic E-state index is 12.0. The fraction of sp³-hybridized carbons (Fsp3) is 0.286. The zero-order valence-electron chi connectivity index (χ0n) is 15.6. The molecule has 1 saturated heterocycles. The van der Waals surface area contributed by atoms with Crippen molar-refractivity contribution in [1.82, 2.24) is 14.9 Å². The number of amides is 1. The van der Waals surface area contributed by atoms with E-state index >= 15 is 0 Å². The smallest absolute Gasteiger partial charge is 0.409 e. The average molecular weight is 397 g/mol. The van der Waals surface area contributed by atoms with Gasteiger partial charge in [0.05, 0.1) is 12.1 Å². The Labute approximate surface area is 168 Å². The van der Waals surface area contributed by atoms with Gasteiger partial charge in [0, 0.05) is 42.2 Å². The van der Waals surface area contributed by atoms with Crippen molar-refractivity contribution >= 4 is 34.4 Å². The average Bonchev–Trinajstić information content (AvgIpc) is 2.74. The zero-order chi connectivity index (χ0) is 19.5. The van der Waals surface area contributed by atoms with E-state index in [4.69, 9.17) is 26.3 Å². The molecule has 0 radical (unpaired) electrons. The van der Waals surface area contributed by atoms with E-state index in [-0.39, 0.29) is 6.09 Å². The number of rotatable bonds is 3. The van der Waals surface area contributed by atoms with Crippen LogP contribution in [0.1, 0.15) is 6.92 Å². The van der Waals surface area contributed by atoms with Gasteiger partial charge in [-0.2, -0.15) is 0 Å². The molecular formula is C21H21ClN4O2. The first-order valence-electron chi connectivity index (χ1n) is 9.35. The Balaban J connectivity index is 1.66. The number of carbonyl (C=O) groups excluding carboxylic acids is 1. The Hall–Kier alpha value is -2.86. The molecule has 2 aromatic carbocycles. The van der Waals surface area contributed by atoms with Gasteiger partial charge in [-0.25, -0.2) is 14.8 Å². The third-order valence-electron chi connectivity index (χ3n) is 4.79. The van der Waals surface area contributed by atoms with Crippen molar-refractivity contribution in [2.45, 2.75) is 6.92 Å². The summed E-state index contributed by atoms with van der Waals surface area (Å²) in [5.41, 5.74) is 1.81. The SMILES string of the molecule is CCOC(=O)N1CCN(c2nc(-c3ccc(Cl)cc3)nc3ccccc23)CC1. The second-order valence-electron chi connectivity index (χ2n) is 6.57. The summed E-state index contributed by atoms with van der Waals surface area (Å²) in [7, 11) is 0. The van der Waals surface area contributed by atoms with Gasteiger partial charge in [0.2, 0.25) is 0 Å². The third-order valence-corrected chi connectivity index (χ3v) is 5.04. The largest absolute Gasteiger partial charge is 0.450 e. The summed E-state index contributed by atoms with van der Waals surface area (Å²) in [6.07, 6.45) is -0.253. The van der Waals surface area contributed by atoms with Crippen molar-refractivity contribution < 1.29 is 9.53 Å². The van der Waals surface area contributed by atoms with Gasteiger partial charge in [-0.05, 0) is 43.3 Å². The molecule has 0 bridgehead atoms. The normalized spacial score (nSPS) is 14.4. The number of hydrogen-bond donors (Lipinski definition) is 0. The van der Waals surface area contributed by atoms with Gasteiger partial charge < -0.3 is 14.5 Å². The van der Waals surface area contributed by atoms with Crippen LogP contribution in [0.25, 0.3) is 22.3 Å². The van der Waals surface area contributed by atoms with Crippen LogP contribution < -0.4 is 4.90 Å². The molecule has 6 nitrogen and oxygen atoms in total. The van der Waals surface area contributed by atoms with Crippen LogP contribution in [-0.4, -0.2) is 53.7 Å². The number of ether oxygens (including phenoxy) is 1. The molecule has 0 N–H and O–H groups in total. The Morgan fingerprint density at radius 3 is 2.46 bits per heavy atom. The van der Waals surface area contributed by atoms with Crippen molar-refractivity contribution in [1.29, 1.82) is 0 Å². The van der Waals surface area contributed by atoms with Crippen LogP contribution in [0.3, 0.4) is 0 Å². The number of benzene rings is 2.